The zero-order valence-electron chi connectivity index (χ0n) is 13.1. The molecule has 0 radical (unpaired) electrons. The van der Waals surface area contributed by atoms with Crippen LogP contribution in [0.5, 0.6) is 11.5 Å². The third-order valence-electron chi connectivity index (χ3n) is 3.46. The third kappa shape index (κ3) is 3.84. The Balaban J connectivity index is 1.96. The SMILES string of the molecule is O=C(Oc1ccccc1)Oc1c(C(=O)O)cccc1-c1ccccc1. The van der Waals surface area contributed by atoms with Gasteiger partial charge in [0.15, 0.2) is 5.75 Å². The summed E-state index contributed by atoms with van der Waals surface area (Å²) < 4.78 is 10.3. The van der Waals surface area contributed by atoms with Crippen molar-refractivity contribution in [3.8, 4) is 22.6 Å². The second-order valence-electron chi connectivity index (χ2n) is 5.12. The molecule has 3 rings (SSSR count). The van der Waals surface area contributed by atoms with Gasteiger partial charge in [-0.3, -0.25) is 0 Å². The zero-order chi connectivity index (χ0) is 17.6. The smallest absolute Gasteiger partial charge is 0.478 e. The summed E-state index contributed by atoms with van der Waals surface area (Å²) in [6, 6.07) is 22.1. The normalized spacial score (nSPS) is 10.1. The van der Waals surface area contributed by atoms with Crippen molar-refractivity contribution in [2.75, 3.05) is 0 Å². The van der Waals surface area contributed by atoms with Crippen LogP contribution in [-0.2, 0) is 0 Å². The van der Waals surface area contributed by atoms with E-state index in [1.807, 2.05) is 18.2 Å². The predicted molar refractivity (Wildman–Crippen MR) is 91.9 cm³/mol. The van der Waals surface area contributed by atoms with Crippen molar-refractivity contribution in [1.82, 2.24) is 0 Å². The molecule has 0 fully saturated rings. The van der Waals surface area contributed by atoms with Gasteiger partial charge in [0, 0.05) is 5.56 Å². The van der Waals surface area contributed by atoms with Crippen LogP contribution < -0.4 is 9.47 Å². The lowest BCUT2D eigenvalue weighted by Gasteiger charge is -2.13. The van der Waals surface area contributed by atoms with Crippen molar-refractivity contribution in [2.45, 2.75) is 0 Å². The predicted octanol–water partition coefficient (Wildman–Crippen LogP) is 4.63. The highest BCUT2D eigenvalue weighted by atomic mass is 16.7. The highest BCUT2D eigenvalue weighted by Crippen LogP contribution is 2.33. The minimum absolute atomic E-state index is 0.0536. The third-order valence-corrected chi connectivity index (χ3v) is 3.46. The van der Waals surface area contributed by atoms with E-state index in [1.165, 1.54) is 6.07 Å². The van der Waals surface area contributed by atoms with Gasteiger partial charge in [-0.2, -0.15) is 0 Å². The Morgan fingerprint density at radius 3 is 2.00 bits per heavy atom. The Labute approximate surface area is 144 Å². The van der Waals surface area contributed by atoms with Crippen LogP contribution in [0, 0.1) is 0 Å². The van der Waals surface area contributed by atoms with Gasteiger partial charge >= 0.3 is 12.1 Å². The van der Waals surface area contributed by atoms with Crippen LogP contribution in [0.4, 0.5) is 4.79 Å². The summed E-state index contributed by atoms with van der Waals surface area (Å²) in [5, 5.41) is 9.41. The summed E-state index contributed by atoms with van der Waals surface area (Å²) in [6.07, 6.45) is -1.00. The number of benzene rings is 3. The highest BCUT2D eigenvalue weighted by Gasteiger charge is 2.20. The molecule has 0 aliphatic heterocycles. The number of ether oxygens (including phenoxy) is 2. The van der Waals surface area contributed by atoms with Crippen molar-refractivity contribution < 1.29 is 24.2 Å². The maximum Gasteiger partial charge on any atom is 0.519 e. The molecule has 0 amide bonds. The molecule has 0 saturated carbocycles. The monoisotopic (exact) mass is 334 g/mol. The number of carbonyl (C=O) groups excluding carboxylic acids is 1. The van der Waals surface area contributed by atoms with Crippen molar-refractivity contribution in [1.29, 1.82) is 0 Å². The van der Waals surface area contributed by atoms with Gasteiger partial charge in [0.1, 0.15) is 11.3 Å². The molecule has 124 valence electrons. The Kier molecular flexibility index (Phi) is 4.76. The number of aromatic carboxylic acids is 1. The minimum Gasteiger partial charge on any atom is -0.478 e. The Morgan fingerprint density at radius 2 is 1.36 bits per heavy atom. The average Bonchev–Trinajstić information content (AvgIpc) is 2.63. The number of carbonyl (C=O) groups is 2. The molecular formula is C20H14O5. The van der Waals surface area contributed by atoms with E-state index in [0.717, 1.165) is 5.56 Å². The maximum absolute atomic E-state index is 12.1. The molecule has 0 aliphatic carbocycles. The van der Waals surface area contributed by atoms with Crippen molar-refractivity contribution >= 4 is 12.1 Å². The molecule has 0 aliphatic rings. The Morgan fingerprint density at radius 1 is 0.720 bits per heavy atom. The van der Waals surface area contributed by atoms with Crippen LogP contribution in [0.1, 0.15) is 10.4 Å². The minimum atomic E-state index is -1.19. The Hall–Kier alpha value is -3.60. The molecule has 0 atom stereocenters. The fourth-order valence-corrected chi connectivity index (χ4v) is 2.35. The number of hydrogen-bond donors (Lipinski definition) is 1. The molecule has 0 unspecified atom stereocenters. The second kappa shape index (κ2) is 7.31. The van der Waals surface area contributed by atoms with E-state index in [0.29, 0.717) is 11.3 Å². The number of carboxylic acid groups (broad SMARTS) is 1. The van der Waals surface area contributed by atoms with Crippen molar-refractivity contribution in [2.24, 2.45) is 0 Å². The van der Waals surface area contributed by atoms with Crippen LogP contribution in [0.25, 0.3) is 11.1 Å². The van der Waals surface area contributed by atoms with E-state index in [1.54, 1.807) is 54.6 Å². The fourth-order valence-electron chi connectivity index (χ4n) is 2.35. The molecular weight excluding hydrogens is 320 g/mol. The molecule has 5 nitrogen and oxygen atoms in total. The van der Waals surface area contributed by atoms with Crippen LogP contribution in [0.2, 0.25) is 0 Å². The fraction of sp³-hybridized carbons (Fsp3) is 0. The lowest BCUT2D eigenvalue weighted by molar-refractivity contribution is 0.0693. The quantitative estimate of drug-likeness (QED) is 0.556. The molecule has 3 aromatic carbocycles. The number of para-hydroxylation sites is 2. The molecule has 1 N–H and O–H groups in total. The first-order valence-corrected chi connectivity index (χ1v) is 7.51. The van der Waals surface area contributed by atoms with Gasteiger partial charge in [-0.25, -0.2) is 9.59 Å². The summed E-state index contributed by atoms with van der Waals surface area (Å²) in [7, 11) is 0. The molecule has 5 heteroatoms. The zero-order valence-corrected chi connectivity index (χ0v) is 13.1. The topological polar surface area (TPSA) is 72.8 Å². The van der Waals surface area contributed by atoms with E-state index in [-0.39, 0.29) is 11.3 Å². The van der Waals surface area contributed by atoms with Gasteiger partial charge in [0.25, 0.3) is 0 Å². The van der Waals surface area contributed by atoms with Crippen LogP contribution in [-0.4, -0.2) is 17.2 Å². The molecule has 0 spiro atoms. The molecule has 0 aromatic heterocycles. The highest BCUT2D eigenvalue weighted by molar-refractivity contribution is 5.95. The van der Waals surface area contributed by atoms with E-state index >= 15 is 0 Å². The summed E-state index contributed by atoms with van der Waals surface area (Å²) in [4.78, 5) is 23.6. The molecule has 0 heterocycles. The number of hydrogen-bond acceptors (Lipinski definition) is 4. The molecule has 25 heavy (non-hydrogen) atoms. The largest absolute Gasteiger partial charge is 0.519 e. The maximum atomic E-state index is 12.1. The van der Waals surface area contributed by atoms with E-state index in [9.17, 15) is 14.7 Å². The first-order chi connectivity index (χ1) is 12.1. The molecule has 0 saturated heterocycles. The molecule has 0 bridgehead atoms. The van der Waals surface area contributed by atoms with Crippen LogP contribution >= 0.6 is 0 Å². The first kappa shape index (κ1) is 16.3. The second-order valence-corrected chi connectivity index (χ2v) is 5.12. The van der Waals surface area contributed by atoms with Crippen LogP contribution in [0.3, 0.4) is 0 Å². The number of carboxylic acids is 1. The average molecular weight is 334 g/mol. The van der Waals surface area contributed by atoms with E-state index < -0.39 is 12.1 Å². The van der Waals surface area contributed by atoms with Crippen molar-refractivity contribution in [3.05, 3.63) is 84.4 Å². The number of rotatable bonds is 4. The Bertz CT molecular complexity index is 888. The summed E-state index contributed by atoms with van der Waals surface area (Å²) in [6.45, 7) is 0. The van der Waals surface area contributed by atoms with Gasteiger partial charge in [-0.1, -0.05) is 60.7 Å². The van der Waals surface area contributed by atoms with E-state index in [4.69, 9.17) is 9.47 Å². The van der Waals surface area contributed by atoms with Crippen molar-refractivity contribution in [3.63, 3.8) is 0 Å². The van der Waals surface area contributed by atoms with Crippen LogP contribution in [0.15, 0.2) is 78.9 Å². The van der Waals surface area contributed by atoms with E-state index in [2.05, 4.69) is 0 Å². The van der Waals surface area contributed by atoms with Gasteiger partial charge in [0.05, 0.1) is 0 Å². The van der Waals surface area contributed by atoms with Gasteiger partial charge in [0.2, 0.25) is 0 Å². The van der Waals surface area contributed by atoms with Gasteiger partial charge in [-0.05, 0) is 23.8 Å². The lowest BCUT2D eigenvalue weighted by Crippen LogP contribution is -2.16. The van der Waals surface area contributed by atoms with Gasteiger partial charge in [-0.15, -0.1) is 0 Å². The standard InChI is InChI=1S/C20H14O5/c21-19(22)17-13-7-12-16(14-8-3-1-4-9-14)18(17)25-20(23)24-15-10-5-2-6-11-15/h1-13H,(H,21,22). The summed E-state index contributed by atoms with van der Waals surface area (Å²) in [5.74, 6) is -0.941. The molecule has 3 aromatic rings. The first-order valence-electron chi connectivity index (χ1n) is 7.51. The summed E-state index contributed by atoms with van der Waals surface area (Å²) in [5.41, 5.74) is 1.10. The lowest BCUT2D eigenvalue weighted by atomic mass is 10.0. The van der Waals surface area contributed by atoms with Gasteiger partial charge < -0.3 is 14.6 Å². The summed E-state index contributed by atoms with van der Waals surface area (Å²) >= 11 is 0.